The van der Waals surface area contributed by atoms with E-state index in [1.807, 2.05) is 0 Å². The standard InChI is InChI=1S/C44H82N20O15/c1-22(33(71)63-28(19-32(69)70)34(72)53-3)57-41(79)30(21-66)64-38(76)26(12-8-18-56-44(50)51)60-36(74)24(10-6-16-54-42(46)47)59-35(73)23(9-4-5-15-45)58-39(77)27(13-14-31(67)68)62-37(75)25(11-7-17-55-43(48)49)61-40(78)29(20-65)52-2/h22-30,52,65-66H,4-21,45H2,1-3H3,(H,53,72)(H,57,79)(H,58,77)(H,59,73)(H,60,74)(H,61,78)(H,62,75)(H,63,71)(H,64,76)(H,67,68)(H,69,70)(H4,46,47,54)(H4,48,49,55)(H4,50,51,56)/t22-,23-,24-,25-,26-,27-,28+,29-,30-/m0/s1. The van der Waals surface area contributed by atoms with Gasteiger partial charge in [-0.25, -0.2) is 0 Å². The predicted octanol–water partition coefficient (Wildman–Crippen LogP) is -9.54. The van der Waals surface area contributed by atoms with Crippen LogP contribution in [0.1, 0.15) is 84.0 Å². The first-order valence-electron chi connectivity index (χ1n) is 25.2. The van der Waals surface area contributed by atoms with Gasteiger partial charge in [-0.3, -0.25) is 69.0 Å². The van der Waals surface area contributed by atoms with Crippen LogP contribution < -0.4 is 92.1 Å². The minimum absolute atomic E-state index is 0.00269. The first-order valence-corrected chi connectivity index (χ1v) is 25.2. The van der Waals surface area contributed by atoms with Gasteiger partial charge in [0.25, 0.3) is 0 Å². The second kappa shape index (κ2) is 39.2. The number of guanidine groups is 3. The van der Waals surface area contributed by atoms with E-state index in [4.69, 9.17) is 44.3 Å². The van der Waals surface area contributed by atoms with Gasteiger partial charge in [0.1, 0.15) is 54.4 Å². The Morgan fingerprint density at radius 1 is 0.418 bits per heavy atom. The molecule has 448 valence electrons. The maximum atomic E-state index is 14.3. The number of carbonyl (C=O) groups excluding carboxylic acids is 9. The normalized spacial score (nSPS) is 14.2. The van der Waals surface area contributed by atoms with Crippen LogP contribution in [0.15, 0.2) is 0 Å². The number of carboxylic acids is 2. The first kappa shape index (κ1) is 70.8. The third kappa shape index (κ3) is 30.4. The molecular formula is C44H82N20O15. The molecule has 0 rings (SSSR count). The third-order valence-corrected chi connectivity index (χ3v) is 11.4. The molecule has 9 atom stereocenters. The second-order valence-corrected chi connectivity index (χ2v) is 17.7. The molecule has 0 saturated heterocycles. The van der Waals surface area contributed by atoms with Crippen molar-refractivity contribution < 1.29 is 73.2 Å². The lowest BCUT2D eigenvalue weighted by molar-refractivity contribution is -0.141. The molecule has 0 aliphatic heterocycles. The Morgan fingerprint density at radius 3 is 1.06 bits per heavy atom. The molecule has 0 aromatic carbocycles. The van der Waals surface area contributed by atoms with Crippen LogP contribution in [-0.2, 0) is 52.7 Å². The summed E-state index contributed by atoms with van der Waals surface area (Å²) in [6.45, 7) is -0.320. The Bertz CT molecular complexity index is 2080. The SMILES string of the molecule is CNC(=O)[C@@H](CC(=O)O)NC(=O)[C@H](C)NC(=O)[C@H](CO)NC(=O)[C@H](CCCNC(=N)N)NC(=O)[C@H](CCCNC(=N)N)NC(=O)[C@H](CCCCN)NC(=O)[C@H](CCC(=O)O)NC(=O)[C@H](CCCNC(=N)N)NC(=O)[C@H](CO)NC. The van der Waals surface area contributed by atoms with E-state index in [1.54, 1.807) is 0 Å². The van der Waals surface area contributed by atoms with Crippen LogP contribution in [0.25, 0.3) is 0 Å². The molecule has 0 unspecified atom stereocenters. The van der Waals surface area contributed by atoms with Crippen LogP contribution in [0.2, 0.25) is 0 Å². The van der Waals surface area contributed by atoms with Gasteiger partial charge < -0.3 is 112 Å². The quantitative estimate of drug-likeness (QED) is 0.0154. The molecule has 0 aliphatic rings. The number of likely N-dealkylation sites (N-methyl/N-ethyl adjacent to an activating group) is 2. The summed E-state index contributed by atoms with van der Waals surface area (Å²) in [7, 11) is 2.58. The van der Waals surface area contributed by atoms with Crippen molar-refractivity contribution in [2.45, 2.75) is 138 Å². The molecule has 0 spiro atoms. The highest BCUT2D eigenvalue weighted by Gasteiger charge is 2.35. The van der Waals surface area contributed by atoms with Crippen LogP contribution in [0.4, 0.5) is 0 Å². The largest absolute Gasteiger partial charge is 0.481 e. The number of hydrogen-bond donors (Lipinski definition) is 24. The van der Waals surface area contributed by atoms with E-state index < -0.39 is 164 Å². The van der Waals surface area contributed by atoms with Crippen molar-refractivity contribution >= 4 is 83.0 Å². The summed E-state index contributed by atoms with van der Waals surface area (Å²) in [6.07, 6.45) is -1.90. The number of rotatable bonds is 41. The number of amides is 9. The number of nitrogens with one attached hydrogen (secondary N) is 16. The van der Waals surface area contributed by atoms with E-state index in [0.717, 1.165) is 0 Å². The van der Waals surface area contributed by atoms with Gasteiger partial charge in [-0.1, -0.05) is 0 Å². The Labute approximate surface area is 455 Å². The van der Waals surface area contributed by atoms with Crippen molar-refractivity contribution in [2.24, 2.45) is 22.9 Å². The van der Waals surface area contributed by atoms with Crippen molar-refractivity contribution in [3.8, 4) is 0 Å². The van der Waals surface area contributed by atoms with Gasteiger partial charge in [0.15, 0.2) is 17.9 Å². The molecule has 0 heterocycles. The molecular weight excluding hydrogens is 1050 g/mol. The highest BCUT2D eigenvalue weighted by atomic mass is 16.4. The lowest BCUT2D eigenvalue weighted by Crippen LogP contribution is -2.60. The fraction of sp³-hybridized carbons (Fsp3) is 0.682. The number of carboxylic acid groups (broad SMARTS) is 2. The van der Waals surface area contributed by atoms with Crippen molar-refractivity contribution in [1.29, 1.82) is 16.2 Å². The summed E-state index contributed by atoms with van der Waals surface area (Å²) in [6, 6.07) is -13.5. The van der Waals surface area contributed by atoms with Crippen LogP contribution in [0.5, 0.6) is 0 Å². The lowest BCUT2D eigenvalue weighted by Gasteiger charge is -2.28. The van der Waals surface area contributed by atoms with Crippen LogP contribution in [0, 0.1) is 16.2 Å². The maximum Gasteiger partial charge on any atom is 0.305 e. The fourth-order valence-electron chi connectivity index (χ4n) is 7.06. The van der Waals surface area contributed by atoms with Crippen LogP contribution >= 0.6 is 0 Å². The summed E-state index contributed by atoms with van der Waals surface area (Å²) in [5, 5.41) is 92.5. The monoisotopic (exact) mass is 1130 g/mol. The van der Waals surface area contributed by atoms with Gasteiger partial charge in [-0.05, 0) is 84.7 Å². The molecule has 35 heteroatoms. The van der Waals surface area contributed by atoms with E-state index in [2.05, 4.69) is 69.1 Å². The number of hydrogen-bond acceptors (Lipinski definition) is 18. The topological polar surface area (TPSA) is 601 Å². The number of nitrogens with two attached hydrogens (primary N) is 4. The van der Waals surface area contributed by atoms with Crippen molar-refractivity contribution in [1.82, 2.24) is 69.1 Å². The van der Waals surface area contributed by atoms with Crippen LogP contribution in [-0.4, -0.2) is 211 Å². The molecule has 0 bridgehead atoms. The number of carbonyl (C=O) groups is 11. The van der Waals surface area contributed by atoms with Gasteiger partial charge in [0.2, 0.25) is 53.2 Å². The Kier molecular flexibility index (Phi) is 35.2. The minimum Gasteiger partial charge on any atom is -0.481 e. The summed E-state index contributed by atoms with van der Waals surface area (Å²) >= 11 is 0. The van der Waals surface area contributed by atoms with E-state index in [1.165, 1.54) is 21.0 Å². The van der Waals surface area contributed by atoms with Crippen molar-refractivity contribution in [2.75, 3.05) is 53.5 Å². The molecule has 0 fully saturated rings. The smallest absolute Gasteiger partial charge is 0.305 e. The van der Waals surface area contributed by atoms with E-state index in [0.29, 0.717) is 6.42 Å². The highest BCUT2D eigenvalue weighted by molar-refractivity contribution is 5.98. The molecule has 0 radical (unpaired) electrons. The Balaban J connectivity index is 6.93. The third-order valence-electron chi connectivity index (χ3n) is 11.4. The summed E-state index contributed by atoms with van der Waals surface area (Å²) in [5.41, 5.74) is 21.9. The zero-order chi connectivity index (χ0) is 60.2. The predicted molar refractivity (Wildman–Crippen MR) is 282 cm³/mol. The maximum absolute atomic E-state index is 14.3. The summed E-state index contributed by atoms with van der Waals surface area (Å²) in [4.78, 5) is 145. The van der Waals surface area contributed by atoms with E-state index in [-0.39, 0.29) is 83.5 Å². The summed E-state index contributed by atoms with van der Waals surface area (Å²) in [5.74, 6) is -12.9. The van der Waals surface area contributed by atoms with Crippen molar-refractivity contribution in [3.05, 3.63) is 0 Å². The summed E-state index contributed by atoms with van der Waals surface area (Å²) < 4.78 is 0. The zero-order valence-corrected chi connectivity index (χ0v) is 44.5. The number of aliphatic hydroxyl groups is 2. The lowest BCUT2D eigenvalue weighted by atomic mass is 10.0. The number of aliphatic carboxylic acids is 2. The molecule has 0 aromatic rings. The van der Waals surface area contributed by atoms with E-state index >= 15 is 0 Å². The molecule has 0 aliphatic carbocycles. The second-order valence-electron chi connectivity index (χ2n) is 17.7. The van der Waals surface area contributed by atoms with Crippen LogP contribution in [0.3, 0.4) is 0 Å². The van der Waals surface area contributed by atoms with Gasteiger partial charge in [-0.15, -0.1) is 0 Å². The van der Waals surface area contributed by atoms with Gasteiger partial charge in [0.05, 0.1) is 19.6 Å². The van der Waals surface area contributed by atoms with Crippen molar-refractivity contribution in [3.63, 3.8) is 0 Å². The fourth-order valence-corrected chi connectivity index (χ4v) is 7.06. The van der Waals surface area contributed by atoms with E-state index in [9.17, 15) is 68.1 Å². The number of unbranched alkanes of at least 4 members (excludes halogenated alkanes) is 1. The molecule has 0 aromatic heterocycles. The van der Waals surface area contributed by atoms with Gasteiger partial charge in [0, 0.05) is 33.1 Å². The number of aliphatic hydroxyl groups excluding tert-OH is 2. The zero-order valence-electron chi connectivity index (χ0n) is 44.5. The minimum atomic E-state index is -1.78. The average Bonchev–Trinajstić information content (AvgIpc) is 3.38. The molecule has 28 N–H and O–H groups in total. The Hall–Kier alpha value is -8.18. The first-order chi connectivity index (χ1) is 37.2. The molecule has 0 saturated carbocycles. The van der Waals surface area contributed by atoms with Gasteiger partial charge in [-0.2, -0.15) is 0 Å². The van der Waals surface area contributed by atoms with Gasteiger partial charge >= 0.3 is 11.9 Å². The average molecular weight is 1130 g/mol. The molecule has 79 heavy (non-hydrogen) atoms. The molecule has 9 amide bonds. The Morgan fingerprint density at radius 2 is 0.747 bits per heavy atom. The highest BCUT2D eigenvalue weighted by Crippen LogP contribution is 2.10. The molecule has 35 nitrogen and oxygen atoms in total.